The first-order valence-electron chi connectivity index (χ1n) is 5.64. The maximum Gasteiger partial charge on any atom is 0.110 e. The highest BCUT2D eigenvalue weighted by Gasteiger charge is 2.19. The molecular formula is C12H19BrN2OS. The fourth-order valence-corrected chi connectivity index (χ4v) is 2.81. The van der Waals surface area contributed by atoms with E-state index >= 15 is 0 Å². The monoisotopic (exact) mass is 318 g/mol. The van der Waals surface area contributed by atoms with Gasteiger partial charge in [0.05, 0.1) is 6.61 Å². The van der Waals surface area contributed by atoms with Crippen molar-refractivity contribution in [2.24, 2.45) is 0 Å². The van der Waals surface area contributed by atoms with Crippen LogP contribution in [0.15, 0.2) is 27.8 Å². The van der Waals surface area contributed by atoms with Gasteiger partial charge in [0.1, 0.15) is 5.03 Å². The summed E-state index contributed by atoms with van der Waals surface area (Å²) in [5, 5.41) is 13.4. The van der Waals surface area contributed by atoms with Crippen molar-refractivity contribution in [1.82, 2.24) is 10.3 Å². The fraction of sp³-hybridized carbons (Fsp3) is 0.583. The van der Waals surface area contributed by atoms with Gasteiger partial charge in [-0.15, -0.1) is 11.8 Å². The summed E-state index contributed by atoms with van der Waals surface area (Å²) >= 11 is 5.22. The topological polar surface area (TPSA) is 45.1 Å². The van der Waals surface area contributed by atoms with Crippen LogP contribution in [0, 0.1) is 0 Å². The average Bonchev–Trinajstić information content (AvgIpc) is 2.36. The van der Waals surface area contributed by atoms with Gasteiger partial charge in [0.2, 0.25) is 0 Å². The number of thioether (sulfide) groups is 1. The van der Waals surface area contributed by atoms with Crippen LogP contribution in [0.4, 0.5) is 0 Å². The zero-order valence-electron chi connectivity index (χ0n) is 10.2. The number of aliphatic hydroxyl groups excluding tert-OH is 1. The average molecular weight is 319 g/mol. The van der Waals surface area contributed by atoms with E-state index in [0.717, 1.165) is 28.1 Å². The number of nitrogens with one attached hydrogen (secondary N) is 1. The molecule has 96 valence electrons. The Bertz CT molecular complexity index is 345. The molecule has 1 heterocycles. The molecule has 0 fully saturated rings. The van der Waals surface area contributed by atoms with Crippen molar-refractivity contribution in [1.29, 1.82) is 0 Å². The molecule has 1 aromatic heterocycles. The van der Waals surface area contributed by atoms with E-state index in [9.17, 15) is 5.11 Å². The van der Waals surface area contributed by atoms with E-state index in [0.29, 0.717) is 0 Å². The Morgan fingerprint density at radius 2 is 2.35 bits per heavy atom. The number of nitrogens with zero attached hydrogens (tertiary/aromatic N) is 1. The smallest absolute Gasteiger partial charge is 0.110 e. The Morgan fingerprint density at radius 3 is 2.94 bits per heavy atom. The second kappa shape index (κ2) is 7.36. The SMILES string of the molecule is CNC(C)(CO)CCCSc1ncccc1Br. The number of hydrogen-bond acceptors (Lipinski definition) is 4. The second-order valence-corrected chi connectivity index (χ2v) is 6.15. The first kappa shape index (κ1) is 15.0. The van der Waals surface area contributed by atoms with Crippen LogP contribution in [0.3, 0.4) is 0 Å². The number of halogens is 1. The molecule has 0 aliphatic rings. The molecule has 5 heteroatoms. The minimum Gasteiger partial charge on any atom is -0.394 e. The molecule has 0 bridgehead atoms. The zero-order valence-corrected chi connectivity index (χ0v) is 12.6. The normalized spacial score (nSPS) is 14.6. The molecule has 0 saturated heterocycles. The van der Waals surface area contributed by atoms with Crippen LogP contribution in [0.2, 0.25) is 0 Å². The van der Waals surface area contributed by atoms with Gasteiger partial charge in [-0.1, -0.05) is 0 Å². The van der Waals surface area contributed by atoms with Crippen molar-refractivity contribution in [3.63, 3.8) is 0 Å². The summed E-state index contributed by atoms with van der Waals surface area (Å²) in [6.07, 6.45) is 3.81. The largest absolute Gasteiger partial charge is 0.394 e. The quantitative estimate of drug-likeness (QED) is 0.599. The van der Waals surface area contributed by atoms with Gasteiger partial charge >= 0.3 is 0 Å². The maximum absolute atomic E-state index is 9.26. The van der Waals surface area contributed by atoms with Crippen LogP contribution >= 0.6 is 27.7 Å². The van der Waals surface area contributed by atoms with Gasteiger partial charge in [-0.25, -0.2) is 4.98 Å². The second-order valence-electron chi connectivity index (χ2n) is 4.21. The van der Waals surface area contributed by atoms with Gasteiger partial charge in [-0.05, 0) is 60.6 Å². The number of hydrogen-bond donors (Lipinski definition) is 2. The predicted octanol–water partition coefficient (Wildman–Crippen LogP) is 2.69. The third kappa shape index (κ3) is 4.95. The molecule has 0 amide bonds. The summed E-state index contributed by atoms with van der Waals surface area (Å²) in [7, 11) is 1.89. The third-order valence-electron chi connectivity index (χ3n) is 2.79. The predicted molar refractivity (Wildman–Crippen MR) is 76.4 cm³/mol. The minimum absolute atomic E-state index is 0.165. The van der Waals surface area contributed by atoms with Crippen molar-refractivity contribution < 1.29 is 5.11 Å². The van der Waals surface area contributed by atoms with E-state index in [1.807, 2.05) is 26.1 Å². The minimum atomic E-state index is -0.165. The maximum atomic E-state index is 9.26. The van der Waals surface area contributed by atoms with Gasteiger partial charge in [-0.2, -0.15) is 0 Å². The molecule has 0 saturated carbocycles. The highest BCUT2D eigenvalue weighted by molar-refractivity contribution is 9.10. The zero-order chi connectivity index (χ0) is 12.7. The molecule has 1 atom stereocenters. The Balaban J connectivity index is 2.32. The lowest BCUT2D eigenvalue weighted by Gasteiger charge is -2.26. The number of pyridine rings is 1. The van der Waals surface area contributed by atoms with Crippen molar-refractivity contribution in [3.05, 3.63) is 22.8 Å². The third-order valence-corrected chi connectivity index (χ3v) is 4.78. The number of rotatable bonds is 7. The van der Waals surface area contributed by atoms with E-state index in [-0.39, 0.29) is 12.1 Å². The molecule has 3 nitrogen and oxygen atoms in total. The highest BCUT2D eigenvalue weighted by Crippen LogP contribution is 2.26. The molecule has 0 aliphatic heterocycles. The van der Waals surface area contributed by atoms with Crippen LogP contribution in [0.5, 0.6) is 0 Å². The fourth-order valence-electron chi connectivity index (χ4n) is 1.39. The molecule has 0 aromatic carbocycles. The van der Waals surface area contributed by atoms with Crippen molar-refractivity contribution in [3.8, 4) is 0 Å². The number of aliphatic hydroxyl groups is 1. The molecule has 0 spiro atoms. The van der Waals surface area contributed by atoms with Crippen molar-refractivity contribution in [2.75, 3.05) is 19.4 Å². The first-order chi connectivity index (χ1) is 8.11. The van der Waals surface area contributed by atoms with Crippen LogP contribution in [-0.4, -0.2) is 35.0 Å². The lowest BCUT2D eigenvalue weighted by Crippen LogP contribution is -2.43. The number of aromatic nitrogens is 1. The van der Waals surface area contributed by atoms with E-state index in [1.165, 1.54) is 0 Å². The molecule has 1 rings (SSSR count). The molecule has 0 aliphatic carbocycles. The molecule has 2 N–H and O–H groups in total. The van der Waals surface area contributed by atoms with Gasteiger partial charge in [0.25, 0.3) is 0 Å². The van der Waals surface area contributed by atoms with Gasteiger partial charge in [0, 0.05) is 16.2 Å². The van der Waals surface area contributed by atoms with Gasteiger partial charge in [-0.3, -0.25) is 0 Å². The van der Waals surface area contributed by atoms with Gasteiger partial charge < -0.3 is 10.4 Å². The summed E-state index contributed by atoms with van der Waals surface area (Å²) < 4.78 is 1.04. The summed E-state index contributed by atoms with van der Waals surface area (Å²) in [5.74, 6) is 1.01. The summed E-state index contributed by atoms with van der Waals surface area (Å²) in [5.41, 5.74) is -0.165. The van der Waals surface area contributed by atoms with Gasteiger partial charge in [0.15, 0.2) is 0 Å². The Kier molecular flexibility index (Phi) is 6.48. The first-order valence-corrected chi connectivity index (χ1v) is 7.42. The summed E-state index contributed by atoms with van der Waals surface area (Å²) in [4.78, 5) is 4.30. The van der Waals surface area contributed by atoms with Crippen molar-refractivity contribution >= 4 is 27.7 Å². The summed E-state index contributed by atoms with van der Waals surface area (Å²) in [6, 6.07) is 3.92. The Morgan fingerprint density at radius 1 is 1.59 bits per heavy atom. The van der Waals surface area contributed by atoms with E-state index in [1.54, 1.807) is 18.0 Å². The Hall–Kier alpha value is -0.100. The van der Waals surface area contributed by atoms with Crippen LogP contribution < -0.4 is 5.32 Å². The highest BCUT2D eigenvalue weighted by atomic mass is 79.9. The standard InChI is InChI=1S/C12H19BrN2OS/c1-12(9-16,14-2)6-4-8-17-11-10(13)5-3-7-15-11/h3,5,7,14,16H,4,6,8-9H2,1-2H3. The molecule has 0 radical (unpaired) electrons. The van der Waals surface area contributed by atoms with Crippen molar-refractivity contribution in [2.45, 2.75) is 30.3 Å². The van der Waals surface area contributed by atoms with Crippen LogP contribution in [0.1, 0.15) is 19.8 Å². The van der Waals surface area contributed by atoms with Crippen LogP contribution in [-0.2, 0) is 0 Å². The molecule has 1 aromatic rings. The lowest BCUT2D eigenvalue weighted by atomic mass is 9.98. The molecule has 1 unspecified atom stereocenters. The van der Waals surface area contributed by atoms with Crippen LogP contribution in [0.25, 0.3) is 0 Å². The van der Waals surface area contributed by atoms with E-state index < -0.39 is 0 Å². The van der Waals surface area contributed by atoms with E-state index in [4.69, 9.17) is 0 Å². The lowest BCUT2D eigenvalue weighted by molar-refractivity contribution is 0.173. The molecular weight excluding hydrogens is 300 g/mol. The number of likely N-dealkylation sites (N-methyl/N-ethyl adjacent to an activating group) is 1. The van der Waals surface area contributed by atoms with E-state index in [2.05, 4.69) is 26.2 Å². The molecule has 17 heavy (non-hydrogen) atoms. The summed E-state index contributed by atoms with van der Waals surface area (Å²) in [6.45, 7) is 2.20. The Labute approximate surface area is 116 Å².